The second-order valence-electron chi connectivity index (χ2n) is 5.91. The molecule has 1 aliphatic rings. The number of fused-ring (bicyclic) bond motifs is 2. The van der Waals surface area contributed by atoms with Crippen LogP contribution in [0.15, 0.2) is 48.5 Å². The zero-order valence-corrected chi connectivity index (χ0v) is 16.1. The van der Waals surface area contributed by atoms with Crippen molar-refractivity contribution in [3.63, 3.8) is 0 Å². The third-order valence-electron chi connectivity index (χ3n) is 4.01. The Hall–Kier alpha value is -2.18. The molecular weight excluding hydrogens is 364 g/mol. The van der Waals surface area contributed by atoms with E-state index in [1.807, 2.05) is 48.5 Å². The Kier molecular flexibility index (Phi) is 6.80. The molecule has 0 aliphatic carbocycles. The van der Waals surface area contributed by atoms with Gasteiger partial charge in [0.05, 0.1) is 24.3 Å². The van der Waals surface area contributed by atoms with Crippen LogP contribution in [-0.4, -0.2) is 36.3 Å². The minimum Gasteiger partial charge on any atom is -0.493 e. The highest BCUT2D eigenvalue weighted by molar-refractivity contribution is 7.81. The lowest BCUT2D eigenvalue weighted by Gasteiger charge is -2.17. The molecule has 0 saturated heterocycles. The van der Waals surface area contributed by atoms with Gasteiger partial charge in [-0.25, -0.2) is 0 Å². The molecule has 0 spiro atoms. The molecule has 26 heavy (non-hydrogen) atoms. The maximum Gasteiger partial charge on any atom is 0.129 e. The summed E-state index contributed by atoms with van der Waals surface area (Å²) in [4.78, 5) is 1.37. The van der Waals surface area contributed by atoms with Crippen LogP contribution >= 0.6 is 24.4 Å². The molecule has 1 aliphatic heterocycles. The van der Waals surface area contributed by atoms with Crippen LogP contribution in [0.4, 0.5) is 0 Å². The standard InChI is InChI=1S/C20H22N2O2S2/c25-19-15-7-1-3-9-17(15)23-13-5-6-14-24-18-10-4-2-8-16(18)20(26)22-12-11-21-19/h1-4,7-10H,5-6,11-14H2,(H,21,25)(H,22,26). The molecule has 0 radical (unpaired) electrons. The Labute approximate surface area is 164 Å². The van der Waals surface area contributed by atoms with Crippen LogP contribution in [0, 0.1) is 0 Å². The van der Waals surface area contributed by atoms with E-state index in [0.717, 1.165) is 35.5 Å². The zero-order valence-electron chi connectivity index (χ0n) is 14.5. The molecule has 0 fully saturated rings. The molecule has 0 unspecified atom stereocenters. The monoisotopic (exact) mass is 386 g/mol. The quantitative estimate of drug-likeness (QED) is 0.676. The first-order valence-electron chi connectivity index (χ1n) is 8.76. The van der Waals surface area contributed by atoms with E-state index < -0.39 is 0 Å². The molecule has 136 valence electrons. The summed E-state index contributed by atoms with van der Waals surface area (Å²) < 4.78 is 11.9. The fourth-order valence-electron chi connectivity index (χ4n) is 2.67. The maximum atomic E-state index is 5.93. The lowest BCUT2D eigenvalue weighted by Crippen LogP contribution is -2.34. The number of ether oxygens (including phenoxy) is 2. The molecule has 1 heterocycles. The number of benzene rings is 2. The van der Waals surface area contributed by atoms with Crippen molar-refractivity contribution in [3.05, 3.63) is 59.7 Å². The SMILES string of the molecule is S=C1NCCNC(=S)c2ccccc2OCCCCOc2ccccc21. The predicted octanol–water partition coefficient (Wildman–Crippen LogP) is 3.47. The Balaban J connectivity index is 1.72. The van der Waals surface area contributed by atoms with Gasteiger partial charge in [0.25, 0.3) is 0 Å². The molecule has 2 N–H and O–H groups in total. The topological polar surface area (TPSA) is 42.5 Å². The second kappa shape index (κ2) is 9.50. The van der Waals surface area contributed by atoms with Gasteiger partial charge in [-0.1, -0.05) is 48.7 Å². The minimum atomic E-state index is 0.630. The van der Waals surface area contributed by atoms with Crippen molar-refractivity contribution in [2.24, 2.45) is 0 Å². The Bertz CT molecular complexity index is 714. The summed E-state index contributed by atoms with van der Waals surface area (Å²) in [6, 6.07) is 15.7. The summed E-state index contributed by atoms with van der Waals surface area (Å²) in [5.74, 6) is 1.62. The van der Waals surface area contributed by atoms with E-state index in [9.17, 15) is 0 Å². The Morgan fingerprint density at radius 1 is 0.654 bits per heavy atom. The summed E-state index contributed by atoms with van der Waals surface area (Å²) in [5, 5.41) is 6.53. The molecule has 0 saturated carbocycles. The third kappa shape index (κ3) is 4.93. The van der Waals surface area contributed by atoms with E-state index in [0.29, 0.717) is 36.3 Å². The first-order valence-corrected chi connectivity index (χ1v) is 9.57. The van der Waals surface area contributed by atoms with Crippen molar-refractivity contribution >= 4 is 34.4 Å². The summed E-state index contributed by atoms with van der Waals surface area (Å²) in [6.07, 6.45) is 1.80. The van der Waals surface area contributed by atoms with Gasteiger partial charge < -0.3 is 20.1 Å². The molecule has 3 rings (SSSR count). The average molecular weight is 387 g/mol. The van der Waals surface area contributed by atoms with Crippen LogP contribution in [0.5, 0.6) is 11.5 Å². The number of para-hydroxylation sites is 2. The largest absolute Gasteiger partial charge is 0.493 e. The molecule has 0 amide bonds. The molecule has 6 heteroatoms. The van der Waals surface area contributed by atoms with Gasteiger partial charge >= 0.3 is 0 Å². The van der Waals surface area contributed by atoms with E-state index in [4.69, 9.17) is 33.9 Å². The lowest BCUT2D eigenvalue weighted by molar-refractivity contribution is 0.266. The van der Waals surface area contributed by atoms with Crippen molar-refractivity contribution in [1.29, 1.82) is 0 Å². The van der Waals surface area contributed by atoms with Crippen LogP contribution in [0.25, 0.3) is 0 Å². The van der Waals surface area contributed by atoms with Crippen LogP contribution < -0.4 is 20.1 Å². The van der Waals surface area contributed by atoms with Crippen molar-refractivity contribution in [2.75, 3.05) is 26.3 Å². The third-order valence-corrected chi connectivity index (χ3v) is 4.74. The van der Waals surface area contributed by atoms with Crippen molar-refractivity contribution < 1.29 is 9.47 Å². The van der Waals surface area contributed by atoms with E-state index in [1.165, 1.54) is 0 Å². The van der Waals surface area contributed by atoms with Gasteiger partial charge in [0, 0.05) is 13.1 Å². The van der Waals surface area contributed by atoms with Crippen LogP contribution in [0.1, 0.15) is 24.0 Å². The van der Waals surface area contributed by atoms with Gasteiger partial charge in [-0.2, -0.15) is 0 Å². The summed E-state index contributed by atoms with van der Waals surface area (Å²) in [7, 11) is 0. The van der Waals surface area contributed by atoms with Gasteiger partial charge in [0.2, 0.25) is 0 Å². The molecule has 0 aromatic heterocycles. The molecule has 2 aromatic carbocycles. The number of thiocarbonyl (C=S) groups is 2. The minimum absolute atomic E-state index is 0.630. The lowest BCUT2D eigenvalue weighted by atomic mass is 10.2. The van der Waals surface area contributed by atoms with E-state index in [-0.39, 0.29) is 0 Å². The van der Waals surface area contributed by atoms with E-state index in [1.54, 1.807) is 0 Å². The van der Waals surface area contributed by atoms with E-state index in [2.05, 4.69) is 10.6 Å². The summed E-state index contributed by atoms with van der Waals surface area (Å²) in [6.45, 7) is 2.59. The normalized spacial score (nSPS) is 16.2. The van der Waals surface area contributed by atoms with Crippen LogP contribution in [-0.2, 0) is 0 Å². The number of hydrogen-bond donors (Lipinski definition) is 2. The molecular formula is C20H22N2O2S2. The van der Waals surface area contributed by atoms with Crippen LogP contribution in [0.3, 0.4) is 0 Å². The first-order chi connectivity index (χ1) is 12.8. The van der Waals surface area contributed by atoms with Gasteiger partial charge in [-0.15, -0.1) is 0 Å². The van der Waals surface area contributed by atoms with Crippen LogP contribution in [0.2, 0.25) is 0 Å². The average Bonchev–Trinajstić information content (AvgIpc) is 2.67. The Morgan fingerprint density at radius 3 is 1.54 bits per heavy atom. The van der Waals surface area contributed by atoms with Crippen molar-refractivity contribution in [2.45, 2.75) is 12.8 Å². The number of rotatable bonds is 0. The van der Waals surface area contributed by atoms with Gasteiger partial charge in [-0.05, 0) is 37.1 Å². The highest BCUT2D eigenvalue weighted by atomic mass is 32.1. The highest BCUT2D eigenvalue weighted by Crippen LogP contribution is 2.20. The fraction of sp³-hybridized carbons (Fsp3) is 0.300. The van der Waals surface area contributed by atoms with Gasteiger partial charge in [-0.3, -0.25) is 0 Å². The summed E-state index contributed by atoms with van der Waals surface area (Å²) in [5.41, 5.74) is 1.83. The highest BCUT2D eigenvalue weighted by Gasteiger charge is 2.11. The Morgan fingerprint density at radius 2 is 1.08 bits per heavy atom. The fourth-order valence-corrected chi connectivity index (χ4v) is 3.21. The molecule has 0 atom stereocenters. The zero-order chi connectivity index (χ0) is 18.2. The van der Waals surface area contributed by atoms with Gasteiger partial charge in [0.1, 0.15) is 21.5 Å². The van der Waals surface area contributed by atoms with E-state index >= 15 is 0 Å². The smallest absolute Gasteiger partial charge is 0.129 e. The second-order valence-corrected chi connectivity index (χ2v) is 6.72. The van der Waals surface area contributed by atoms with Gasteiger partial charge in [0.15, 0.2) is 0 Å². The molecule has 4 nitrogen and oxygen atoms in total. The number of hydrogen-bond acceptors (Lipinski definition) is 4. The predicted molar refractivity (Wildman–Crippen MR) is 113 cm³/mol. The van der Waals surface area contributed by atoms with Crippen molar-refractivity contribution in [3.8, 4) is 11.5 Å². The first kappa shape index (κ1) is 18.6. The number of nitrogens with one attached hydrogen (secondary N) is 2. The molecule has 2 aromatic rings. The molecule has 0 bridgehead atoms. The maximum absolute atomic E-state index is 5.93. The summed E-state index contributed by atoms with van der Waals surface area (Å²) >= 11 is 11.0. The van der Waals surface area contributed by atoms with Crippen molar-refractivity contribution in [1.82, 2.24) is 10.6 Å².